The third-order valence-corrected chi connectivity index (χ3v) is 5.58. The molecule has 0 aromatic carbocycles. The van der Waals surface area contributed by atoms with E-state index in [1.165, 1.54) is 0 Å². The monoisotopic (exact) mass is 451 g/mol. The maximum atomic E-state index is 12.4. The molecule has 2 aliphatic rings. The molecule has 0 radical (unpaired) electrons. The summed E-state index contributed by atoms with van der Waals surface area (Å²) in [4.78, 5) is 14.1. The molecule has 2 saturated heterocycles. The molecule has 31 heavy (non-hydrogen) atoms. The van der Waals surface area contributed by atoms with Gasteiger partial charge in [0.05, 0.1) is 31.5 Å². The van der Waals surface area contributed by atoms with Crippen LogP contribution >= 0.6 is 0 Å². The highest BCUT2D eigenvalue weighted by Crippen LogP contribution is 2.27. The molecule has 9 nitrogen and oxygen atoms in total. The molecule has 2 fully saturated rings. The number of methoxy groups -OCH3 is 1. The number of likely N-dealkylation sites (tertiary alicyclic amines) is 1. The minimum absolute atomic E-state index is 0. The van der Waals surface area contributed by atoms with E-state index in [0.717, 1.165) is 19.3 Å². The molecular formula is C22H45NO8. The third-order valence-electron chi connectivity index (χ3n) is 5.58. The Hall–Kier alpha value is -0.810. The highest BCUT2D eigenvalue weighted by molar-refractivity contribution is 5.76. The van der Waals surface area contributed by atoms with Crippen LogP contribution in [-0.4, -0.2) is 101 Å². The topological polar surface area (TPSA) is 129 Å². The van der Waals surface area contributed by atoms with Crippen molar-refractivity contribution < 1.29 is 39.4 Å². The van der Waals surface area contributed by atoms with Crippen molar-refractivity contribution in [3.05, 3.63) is 0 Å². The summed E-state index contributed by atoms with van der Waals surface area (Å²) in [5.41, 5.74) is 0. The maximum absolute atomic E-state index is 12.4. The van der Waals surface area contributed by atoms with Gasteiger partial charge in [0.1, 0.15) is 12.2 Å². The van der Waals surface area contributed by atoms with Gasteiger partial charge >= 0.3 is 0 Å². The predicted molar refractivity (Wildman–Crippen MR) is 117 cm³/mol. The second-order valence-electron chi connectivity index (χ2n) is 7.79. The van der Waals surface area contributed by atoms with Crippen LogP contribution in [0.25, 0.3) is 0 Å². The standard InChI is InChI=1S/C19H35NO8.C2H6.CH4/c1-12-17(24)18(25)15(10-21)28-19(12)27-7-5-3-4-6-16(23)20-9-14(22)8-13(20)11-26-2;1-2;/h12-15,17-19,21-22,24-25H,3-11H2,1-2H3;1-2H3;1H4/t12?,13-,14+,15?,17+,18-,19+;;/m0../s1. The van der Waals surface area contributed by atoms with Crippen LogP contribution in [0.5, 0.6) is 0 Å². The number of nitrogens with zero attached hydrogens (tertiary/aromatic N) is 1. The maximum Gasteiger partial charge on any atom is 0.222 e. The molecule has 2 unspecified atom stereocenters. The van der Waals surface area contributed by atoms with Crippen LogP contribution in [0, 0.1) is 5.92 Å². The minimum Gasteiger partial charge on any atom is -0.394 e. The fourth-order valence-electron chi connectivity index (χ4n) is 3.86. The Balaban J connectivity index is 0.00000291. The number of hydrogen-bond donors (Lipinski definition) is 4. The van der Waals surface area contributed by atoms with Gasteiger partial charge in [0, 0.05) is 32.6 Å². The van der Waals surface area contributed by atoms with Crippen LogP contribution in [0.4, 0.5) is 0 Å². The molecule has 0 aromatic rings. The number of rotatable bonds is 10. The van der Waals surface area contributed by atoms with Crippen molar-refractivity contribution in [1.82, 2.24) is 4.90 Å². The zero-order valence-electron chi connectivity index (χ0n) is 18.8. The van der Waals surface area contributed by atoms with E-state index in [1.54, 1.807) is 18.9 Å². The predicted octanol–water partition coefficient (Wildman–Crippen LogP) is 0.909. The summed E-state index contributed by atoms with van der Waals surface area (Å²) in [5.74, 6) is -0.370. The summed E-state index contributed by atoms with van der Waals surface area (Å²) in [6.07, 6.45) is -0.936. The molecule has 2 aliphatic heterocycles. The van der Waals surface area contributed by atoms with Gasteiger partial charge in [-0.05, 0) is 19.3 Å². The fraction of sp³-hybridized carbons (Fsp3) is 0.955. The average Bonchev–Trinajstić information content (AvgIpc) is 3.12. The fourth-order valence-corrected chi connectivity index (χ4v) is 3.86. The first-order valence-electron chi connectivity index (χ1n) is 11.1. The molecule has 0 aliphatic carbocycles. The van der Waals surface area contributed by atoms with E-state index < -0.39 is 36.6 Å². The van der Waals surface area contributed by atoms with E-state index >= 15 is 0 Å². The lowest BCUT2D eigenvalue weighted by Gasteiger charge is -2.40. The Morgan fingerprint density at radius 3 is 2.42 bits per heavy atom. The number of aliphatic hydroxyl groups excluding tert-OH is 4. The summed E-state index contributed by atoms with van der Waals surface area (Å²) in [5, 5.41) is 38.8. The second-order valence-corrected chi connectivity index (χ2v) is 7.79. The zero-order valence-corrected chi connectivity index (χ0v) is 18.8. The lowest BCUT2D eigenvalue weighted by molar-refractivity contribution is -0.282. The molecule has 7 atom stereocenters. The first-order valence-corrected chi connectivity index (χ1v) is 11.1. The average molecular weight is 452 g/mol. The van der Waals surface area contributed by atoms with Gasteiger partial charge in [0.15, 0.2) is 6.29 Å². The Morgan fingerprint density at radius 1 is 1.13 bits per heavy atom. The number of ether oxygens (including phenoxy) is 3. The van der Waals surface area contributed by atoms with E-state index in [9.17, 15) is 25.2 Å². The second kappa shape index (κ2) is 15.9. The van der Waals surface area contributed by atoms with Crippen LogP contribution in [0.2, 0.25) is 0 Å². The highest BCUT2D eigenvalue weighted by Gasteiger charge is 2.42. The van der Waals surface area contributed by atoms with Crippen molar-refractivity contribution in [3.8, 4) is 0 Å². The summed E-state index contributed by atoms with van der Waals surface area (Å²) < 4.78 is 16.3. The van der Waals surface area contributed by atoms with Gasteiger partial charge in [-0.25, -0.2) is 0 Å². The number of carbonyl (C=O) groups is 1. The smallest absolute Gasteiger partial charge is 0.222 e. The highest BCUT2D eigenvalue weighted by atomic mass is 16.7. The molecule has 9 heteroatoms. The van der Waals surface area contributed by atoms with E-state index in [-0.39, 0.29) is 26.0 Å². The molecule has 0 spiro atoms. The summed E-state index contributed by atoms with van der Waals surface area (Å²) in [6, 6.07) is -0.0537. The number of unbranched alkanes of at least 4 members (excludes halogenated alkanes) is 2. The largest absolute Gasteiger partial charge is 0.394 e. The van der Waals surface area contributed by atoms with Gasteiger partial charge in [-0.3, -0.25) is 4.79 Å². The van der Waals surface area contributed by atoms with Crippen LogP contribution in [0.1, 0.15) is 60.3 Å². The van der Waals surface area contributed by atoms with Gasteiger partial charge in [-0.15, -0.1) is 0 Å². The van der Waals surface area contributed by atoms with E-state index in [1.807, 2.05) is 13.8 Å². The zero-order chi connectivity index (χ0) is 22.7. The molecular weight excluding hydrogens is 406 g/mol. The number of β-amino-alcohol motifs (C(OH)–C–C–N with tert-alkyl or cyclic N) is 1. The van der Waals surface area contributed by atoms with Gasteiger partial charge in [0.25, 0.3) is 0 Å². The van der Waals surface area contributed by atoms with E-state index in [4.69, 9.17) is 14.2 Å². The Bertz CT molecular complexity index is 478. The summed E-state index contributed by atoms with van der Waals surface area (Å²) in [7, 11) is 1.59. The Kier molecular flexibility index (Phi) is 15.5. The normalized spacial score (nSPS) is 32.8. The Morgan fingerprint density at radius 2 is 1.81 bits per heavy atom. The van der Waals surface area contributed by atoms with E-state index in [2.05, 4.69) is 0 Å². The SMILES string of the molecule is C.CC.COC[C@@H]1C[C@@H](O)CN1C(=O)CCCCCO[C@@H]1OC(CO)[C@H](O)[C@H](O)C1C. The lowest BCUT2D eigenvalue weighted by Crippen LogP contribution is -2.55. The van der Waals surface area contributed by atoms with Crippen LogP contribution < -0.4 is 0 Å². The van der Waals surface area contributed by atoms with Gasteiger partial charge in [0.2, 0.25) is 5.91 Å². The van der Waals surface area contributed by atoms with Crippen molar-refractivity contribution in [2.45, 2.75) is 97.0 Å². The number of carbonyl (C=O) groups excluding carboxylic acids is 1. The third kappa shape index (κ3) is 8.92. The van der Waals surface area contributed by atoms with Crippen molar-refractivity contribution in [3.63, 3.8) is 0 Å². The van der Waals surface area contributed by atoms with Crippen molar-refractivity contribution in [1.29, 1.82) is 0 Å². The minimum atomic E-state index is -1.13. The number of amides is 1. The van der Waals surface area contributed by atoms with Crippen LogP contribution in [-0.2, 0) is 19.0 Å². The van der Waals surface area contributed by atoms with Gasteiger partial charge < -0.3 is 39.5 Å². The lowest BCUT2D eigenvalue weighted by atomic mass is 9.92. The quantitative estimate of drug-likeness (QED) is 0.361. The molecule has 186 valence electrons. The summed E-state index contributed by atoms with van der Waals surface area (Å²) >= 11 is 0. The van der Waals surface area contributed by atoms with Crippen LogP contribution in [0.3, 0.4) is 0 Å². The van der Waals surface area contributed by atoms with Crippen LogP contribution in [0.15, 0.2) is 0 Å². The Labute approximate surface area is 187 Å². The molecule has 4 N–H and O–H groups in total. The molecule has 2 heterocycles. The molecule has 0 bridgehead atoms. The molecule has 1 amide bonds. The summed E-state index contributed by atoms with van der Waals surface area (Å²) in [6.45, 7) is 6.55. The van der Waals surface area contributed by atoms with Crippen molar-refractivity contribution in [2.24, 2.45) is 5.92 Å². The van der Waals surface area contributed by atoms with Gasteiger partial charge in [-0.1, -0.05) is 34.6 Å². The van der Waals surface area contributed by atoms with Crippen molar-refractivity contribution in [2.75, 3.05) is 33.5 Å². The van der Waals surface area contributed by atoms with Crippen molar-refractivity contribution >= 4 is 5.91 Å². The van der Waals surface area contributed by atoms with E-state index in [0.29, 0.717) is 32.6 Å². The molecule has 0 saturated carbocycles. The van der Waals surface area contributed by atoms with Gasteiger partial charge in [-0.2, -0.15) is 0 Å². The first-order chi connectivity index (χ1) is 14.4. The number of aliphatic hydroxyl groups is 4. The molecule has 2 rings (SSSR count). The number of hydrogen-bond acceptors (Lipinski definition) is 8. The first kappa shape index (κ1) is 30.2. The molecule has 0 aromatic heterocycles.